The second kappa shape index (κ2) is 35.6. The summed E-state index contributed by atoms with van der Waals surface area (Å²) in [6.07, 6.45) is 27.7. The predicted molar refractivity (Wildman–Crippen MR) is 190 cm³/mol. The lowest BCUT2D eigenvalue weighted by Gasteiger charge is -2.11. The number of carbonyl (C=O) groups is 4. The molecule has 0 saturated carbocycles. The van der Waals surface area contributed by atoms with E-state index in [1.807, 2.05) is 12.2 Å². The quantitative estimate of drug-likeness (QED) is 0.0307. The maximum atomic E-state index is 12.0. The Kier molecular flexibility index (Phi) is 33.6. The highest BCUT2D eigenvalue weighted by Gasteiger charge is 2.18. The van der Waals surface area contributed by atoms with Crippen molar-refractivity contribution in [2.75, 3.05) is 26.4 Å². The second-order valence-corrected chi connectivity index (χ2v) is 12.5. The predicted octanol–water partition coefficient (Wildman–Crippen LogP) is 9.03. The van der Waals surface area contributed by atoms with Crippen LogP contribution in [0.5, 0.6) is 0 Å². The molecule has 0 aromatic carbocycles. The second-order valence-electron chi connectivity index (χ2n) is 12.5. The van der Waals surface area contributed by atoms with Gasteiger partial charge in [0, 0.05) is 19.3 Å². The minimum absolute atomic E-state index is 0.0344. The molecule has 1 N–H and O–H groups in total. The van der Waals surface area contributed by atoms with Gasteiger partial charge in [0.25, 0.3) is 0 Å². The van der Waals surface area contributed by atoms with Gasteiger partial charge in [-0.25, -0.2) is 4.79 Å². The monoisotopic (exact) mass is 680 g/mol. The van der Waals surface area contributed by atoms with Gasteiger partial charge in [0.15, 0.2) is 6.10 Å². The zero-order chi connectivity index (χ0) is 35.3. The van der Waals surface area contributed by atoms with Crippen molar-refractivity contribution in [1.29, 1.82) is 0 Å². The summed E-state index contributed by atoms with van der Waals surface area (Å²) in [5.74, 6) is -1.51. The third kappa shape index (κ3) is 33.2. The van der Waals surface area contributed by atoms with E-state index in [1.165, 1.54) is 51.4 Å². The Morgan fingerprint density at radius 3 is 1.40 bits per heavy atom. The van der Waals surface area contributed by atoms with Crippen molar-refractivity contribution < 1.29 is 43.2 Å². The molecular weight excluding hydrogens is 612 g/mol. The molecule has 1 atom stereocenters. The number of ether oxygens (including phenoxy) is 4. The third-order valence-corrected chi connectivity index (χ3v) is 7.91. The van der Waals surface area contributed by atoms with E-state index in [2.05, 4.69) is 26.0 Å². The molecule has 0 saturated heterocycles. The van der Waals surface area contributed by atoms with E-state index in [0.29, 0.717) is 39.1 Å². The van der Waals surface area contributed by atoms with Crippen molar-refractivity contribution in [3.63, 3.8) is 0 Å². The number of hydrogen-bond acceptors (Lipinski definition) is 9. The number of rotatable bonds is 34. The van der Waals surface area contributed by atoms with E-state index in [9.17, 15) is 24.3 Å². The molecule has 0 aromatic heterocycles. The lowest BCUT2D eigenvalue weighted by molar-refractivity contribution is -0.155. The van der Waals surface area contributed by atoms with Gasteiger partial charge in [-0.3, -0.25) is 14.4 Å². The Bertz CT molecular complexity index is 852. The average Bonchev–Trinajstić information content (AvgIpc) is 3.08. The number of unbranched alkanes of at least 4 members (excludes halogenated alkanes) is 16. The molecule has 0 amide bonds. The van der Waals surface area contributed by atoms with E-state index in [0.717, 1.165) is 70.6 Å². The summed E-state index contributed by atoms with van der Waals surface area (Å²) in [4.78, 5) is 47.5. The van der Waals surface area contributed by atoms with E-state index in [4.69, 9.17) is 18.9 Å². The maximum Gasteiger partial charge on any atom is 0.334 e. The van der Waals surface area contributed by atoms with Gasteiger partial charge in [-0.2, -0.15) is 0 Å². The Hall–Kier alpha value is -2.68. The minimum Gasteiger partial charge on any atom is -0.466 e. The Morgan fingerprint density at radius 1 is 0.479 bits per heavy atom. The number of aliphatic hydroxyl groups excluding tert-OH is 1. The van der Waals surface area contributed by atoms with Crippen LogP contribution in [-0.4, -0.2) is 61.5 Å². The van der Waals surface area contributed by atoms with Crippen LogP contribution in [0.3, 0.4) is 0 Å². The maximum absolute atomic E-state index is 12.0. The van der Waals surface area contributed by atoms with Crippen LogP contribution in [0.1, 0.15) is 168 Å². The van der Waals surface area contributed by atoms with Crippen molar-refractivity contribution in [1.82, 2.24) is 0 Å². The number of allylic oxidation sites excluding steroid dienone is 2. The van der Waals surface area contributed by atoms with Gasteiger partial charge in [-0.05, 0) is 57.8 Å². The highest BCUT2D eigenvalue weighted by atomic mass is 16.6. The van der Waals surface area contributed by atoms with Crippen molar-refractivity contribution in [3.05, 3.63) is 24.3 Å². The van der Waals surface area contributed by atoms with Crippen LogP contribution in [0.4, 0.5) is 0 Å². The molecule has 0 fully saturated rings. The summed E-state index contributed by atoms with van der Waals surface area (Å²) in [6, 6.07) is 0. The van der Waals surface area contributed by atoms with Crippen LogP contribution in [-0.2, 0) is 38.1 Å². The van der Waals surface area contributed by atoms with Gasteiger partial charge in [-0.1, -0.05) is 115 Å². The summed E-state index contributed by atoms with van der Waals surface area (Å²) in [5.41, 5.74) is 0. The summed E-state index contributed by atoms with van der Waals surface area (Å²) in [7, 11) is 0. The van der Waals surface area contributed by atoms with Crippen molar-refractivity contribution >= 4 is 23.9 Å². The smallest absolute Gasteiger partial charge is 0.334 e. The number of esters is 4. The third-order valence-electron chi connectivity index (χ3n) is 7.91. The van der Waals surface area contributed by atoms with Crippen molar-refractivity contribution in [3.8, 4) is 0 Å². The topological polar surface area (TPSA) is 125 Å². The van der Waals surface area contributed by atoms with E-state index in [1.54, 1.807) is 0 Å². The van der Waals surface area contributed by atoms with Gasteiger partial charge < -0.3 is 24.1 Å². The molecule has 0 aliphatic heterocycles. The number of aliphatic hydroxyl groups is 1. The largest absolute Gasteiger partial charge is 0.466 e. The average molecular weight is 681 g/mol. The fourth-order valence-electron chi connectivity index (χ4n) is 4.88. The summed E-state index contributed by atoms with van der Waals surface area (Å²) in [5, 5.41) is 10.00. The van der Waals surface area contributed by atoms with Gasteiger partial charge in [-0.15, -0.1) is 0 Å². The molecule has 9 heteroatoms. The molecule has 0 rings (SSSR count). The van der Waals surface area contributed by atoms with Crippen LogP contribution in [0, 0.1) is 0 Å². The van der Waals surface area contributed by atoms with Crippen LogP contribution in [0.2, 0.25) is 0 Å². The number of hydrogen-bond donors (Lipinski definition) is 1. The molecule has 48 heavy (non-hydrogen) atoms. The highest BCUT2D eigenvalue weighted by Crippen LogP contribution is 2.10. The molecule has 0 spiro atoms. The first-order valence-electron chi connectivity index (χ1n) is 19.0. The molecule has 0 aliphatic rings. The van der Waals surface area contributed by atoms with Crippen LogP contribution in [0.25, 0.3) is 0 Å². The van der Waals surface area contributed by atoms with E-state index in [-0.39, 0.29) is 31.4 Å². The van der Waals surface area contributed by atoms with E-state index < -0.39 is 18.0 Å². The standard InChI is InChI=1S/C39H68O9/c1-3-5-7-9-11-17-23-31-45-36(41)27-21-15-13-19-25-33-47-38(43)30-29-35(40)39(44)48-34-26-20-14-16-22-28-37(42)46-32-24-18-12-10-8-6-4-2/h17-18,23-24,35,40H,3-16,19-22,25-34H2,1-2H3/b23-17-,24-18-. The molecule has 0 radical (unpaired) electrons. The first-order chi connectivity index (χ1) is 23.4. The van der Waals surface area contributed by atoms with Crippen LogP contribution < -0.4 is 0 Å². The molecule has 0 aliphatic carbocycles. The van der Waals surface area contributed by atoms with Gasteiger partial charge in [0.05, 0.1) is 13.2 Å². The summed E-state index contributed by atoms with van der Waals surface area (Å²) < 4.78 is 20.8. The Balaban J connectivity index is 3.57. The molecule has 1 unspecified atom stereocenters. The highest BCUT2D eigenvalue weighted by molar-refractivity contribution is 5.76. The first-order valence-corrected chi connectivity index (χ1v) is 19.0. The van der Waals surface area contributed by atoms with Crippen molar-refractivity contribution in [2.24, 2.45) is 0 Å². The molecule has 9 nitrogen and oxygen atoms in total. The SMILES string of the molecule is CCCCCC/C=C\COC(=O)CCCCCCCOC(=O)CCC(O)C(=O)OCCCCCCCC(=O)OC/C=C\CCCCCC. The first kappa shape index (κ1) is 45.3. The lowest BCUT2D eigenvalue weighted by atomic mass is 10.1. The van der Waals surface area contributed by atoms with Gasteiger partial charge in [0.2, 0.25) is 0 Å². The zero-order valence-corrected chi connectivity index (χ0v) is 30.4. The molecule has 0 aromatic rings. The Morgan fingerprint density at radius 2 is 0.896 bits per heavy atom. The van der Waals surface area contributed by atoms with E-state index >= 15 is 0 Å². The summed E-state index contributed by atoms with van der Waals surface area (Å²) in [6.45, 7) is 5.58. The van der Waals surface area contributed by atoms with Crippen LogP contribution >= 0.6 is 0 Å². The normalized spacial score (nSPS) is 12.0. The van der Waals surface area contributed by atoms with Gasteiger partial charge in [0.1, 0.15) is 13.2 Å². The summed E-state index contributed by atoms with van der Waals surface area (Å²) >= 11 is 0. The molecule has 0 heterocycles. The van der Waals surface area contributed by atoms with Gasteiger partial charge >= 0.3 is 23.9 Å². The Labute approximate surface area is 291 Å². The fraction of sp³-hybridized carbons (Fsp3) is 0.795. The number of carbonyl (C=O) groups excluding carboxylic acids is 4. The van der Waals surface area contributed by atoms with Crippen molar-refractivity contribution in [2.45, 2.75) is 174 Å². The lowest BCUT2D eigenvalue weighted by Crippen LogP contribution is -2.24. The molecule has 0 bridgehead atoms. The zero-order valence-electron chi connectivity index (χ0n) is 30.4. The van der Waals surface area contributed by atoms with Crippen LogP contribution in [0.15, 0.2) is 24.3 Å². The molecular formula is C39H68O9. The molecule has 278 valence electrons. The fourth-order valence-corrected chi connectivity index (χ4v) is 4.88. The minimum atomic E-state index is -1.35.